The van der Waals surface area contributed by atoms with Gasteiger partial charge >= 0.3 is 0 Å². The van der Waals surface area contributed by atoms with Gasteiger partial charge in [0, 0.05) is 13.1 Å². The maximum Gasteiger partial charge on any atom is 0.244 e. The molecule has 0 radical (unpaired) electrons. The van der Waals surface area contributed by atoms with Crippen molar-refractivity contribution in [2.45, 2.75) is 19.9 Å². The molecule has 0 bridgehead atoms. The summed E-state index contributed by atoms with van der Waals surface area (Å²) in [6.07, 6.45) is 1.51. The van der Waals surface area contributed by atoms with Crippen LogP contribution in [0, 0.1) is 6.92 Å². The van der Waals surface area contributed by atoms with E-state index in [-0.39, 0.29) is 11.9 Å². The van der Waals surface area contributed by atoms with Crippen LogP contribution in [0.1, 0.15) is 12.5 Å². The summed E-state index contributed by atoms with van der Waals surface area (Å²) < 4.78 is 6.98. The molecule has 7 heteroatoms. The molecule has 1 aliphatic heterocycles. The number of amides is 1. The summed E-state index contributed by atoms with van der Waals surface area (Å²) in [5.74, 6) is 0.852. The van der Waals surface area contributed by atoms with E-state index in [2.05, 4.69) is 15.4 Å². The highest BCUT2D eigenvalue weighted by Crippen LogP contribution is 2.15. The highest BCUT2D eigenvalue weighted by molar-refractivity contribution is 5.84. The van der Waals surface area contributed by atoms with Crippen molar-refractivity contribution in [2.75, 3.05) is 31.6 Å². The number of pyridine rings is 1. The molecule has 1 fully saturated rings. The van der Waals surface area contributed by atoms with E-state index in [9.17, 15) is 4.79 Å². The Balaban J connectivity index is 1.77. The number of ether oxygens (including phenoxy) is 1. The second-order valence-corrected chi connectivity index (χ2v) is 5.25. The van der Waals surface area contributed by atoms with Crippen LogP contribution in [-0.4, -0.2) is 57.8 Å². The molecule has 3 heterocycles. The highest BCUT2D eigenvalue weighted by Gasteiger charge is 2.23. The van der Waals surface area contributed by atoms with E-state index in [0.717, 1.165) is 17.0 Å². The predicted molar refractivity (Wildman–Crippen MR) is 78.2 cm³/mol. The number of hydrogen-bond donors (Lipinski definition) is 1. The van der Waals surface area contributed by atoms with Crippen LogP contribution < -0.4 is 5.32 Å². The Hall–Kier alpha value is -2.15. The summed E-state index contributed by atoms with van der Waals surface area (Å²) in [6.45, 7) is 6.37. The molecule has 2 aromatic heterocycles. The number of morpholine rings is 1. The Morgan fingerprint density at radius 1 is 1.38 bits per heavy atom. The van der Waals surface area contributed by atoms with Gasteiger partial charge in [0.15, 0.2) is 5.65 Å². The maximum absolute atomic E-state index is 12.4. The van der Waals surface area contributed by atoms with Crippen molar-refractivity contribution >= 4 is 17.4 Å². The lowest BCUT2D eigenvalue weighted by molar-refractivity contribution is -0.135. The first-order chi connectivity index (χ1) is 10.1. The van der Waals surface area contributed by atoms with Gasteiger partial charge in [-0.15, -0.1) is 0 Å². The minimum atomic E-state index is -0.322. The molecule has 0 spiro atoms. The van der Waals surface area contributed by atoms with Crippen molar-refractivity contribution < 1.29 is 9.53 Å². The summed E-state index contributed by atoms with van der Waals surface area (Å²) in [5, 5.41) is 7.42. The van der Waals surface area contributed by atoms with Gasteiger partial charge in [-0.1, -0.05) is 0 Å². The minimum Gasteiger partial charge on any atom is -0.378 e. The molecule has 0 aliphatic carbocycles. The lowest BCUT2D eigenvalue weighted by Crippen LogP contribution is -2.47. The number of nitrogens with zero attached hydrogens (tertiary/aromatic N) is 4. The summed E-state index contributed by atoms with van der Waals surface area (Å²) in [4.78, 5) is 18.4. The van der Waals surface area contributed by atoms with E-state index in [1.165, 1.54) is 6.33 Å². The summed E-state index contributed by atoms with van der Waals surface area (Å²) >= 11 is 0. The number of carbonyl (C=O) groups is 1. The van der Waals surface area contributed by atoms with Crippen molar-refractivity contribution in [3.63, 3.8) is 0 Å². The largest absolute Gasteiger partial charge is 0.378 e. The van der Waals surface area contributed by atoms with Gasteiger partial charge in [-0.25, -0.2) is 4.98 Å². The van der Waals surface area contributed by atoms with Crippen molar-refractivity contribution in [3.8, 4) is 0 Å². The molecule has 7 nitrogen and oxygen atoms in total. The third-order valence-corrected chi connectivity index (χ3v) is 3.58. The zero-order valence-electron chi connectivity index (χ0n) is 12.2. The number of hydrogen-bond acceptors (Lipinski definition) is 5. The summed E-state index contributed by atoms with van der Waals surface area (Å²) in [7, 11) is 0. The average Bonchev–Trinajstić information content (AvgIpc) is 2.95. The van der Waals surface area contributed by atoms with Crippen LogP contribution in [0.15, 0.2) is 18.5 Å². The van der Waals surface area contributed by atoms with Crippen LogP contribution in [0.25, 0.3) is 5.65 Å². The molecule has 0 aromatic carbocycles. The van der Waals surface area contributed by atoms with Crippen LogP contribution in [0.4, 0.5) is 5.82 Å². The van der Waals surface area contributed by atoms with Crippen LogP contribution in [0.2, 0.25) is 0 Å². The van der Waals surface area contributed by atoms with Crippen molar-refractivity contribution in [1.82, 2.24) is 19.5 Å². The molecular formula is C14H19N5O2. The topological polar surface area (TPSA) is 71.8 Å². The van der Waals surface area contributed by atoms with E-state index in [4.69, 9.17) is 4.74 Å². The highest BCUT2D eigenvalue weighted by atomic mass is 16.5. The second kappa shape index (κ2) is 5.69. The van der Waals surface area contributed by atoms with Gasteiger partial charge in [-0.2, -0.15) is 9.61 Å². The van der Waals surface area contributed by atoms with Gasteiger partial charge in [0.1, 0.15) is 18.2 Å². The van der Waals surface area contributed by atoms with Crippen LogP contribution >= 0.6 is 0 Å². The van der Waals surface area contributed by atoms with Gasteiger partial charge in [0.05, 0.1) is 13.2 Å². The standard InChI is InChI=1S/C14H19N5O2/c1-10-7-12-15-9-16-19(12)13(8-10)17-11(2)14(20)18-3-5-21-6-4-18/h7-9,11,17H,3-6H2,1-2H3. The molecule has 1 saturated heterocycles. The first-order valence-electron chi connectivity index (χ1n) is 7.08. The SMILES string of the molecule is Cc1cc(NC(C)C(=O)N2CCOCC2)n2ncnc2c1. The number of rotatable bonds is 3. The number of carbonyl (C=O) groups excluding carboxylic acids is 1. The minimum absolute atomic E-state index is 0.0769. The Morgan fingerprint density at radius 2 is 2.14 bits per heavy atom. The lowest BCUT2D eigenvalue weighted by atomic mass is 10.2. The second-order valence-electron chi connectivity index (χ2n) is 5.25. The monoisotopic (exact) mass is 289 g/mol. The van der Waals surface area contributed by atoms with Crippen LogP contribution in [0.3, 0.4) is 0 Å². The van der Waals surface area contributed by atoms with E-state index < -0.39 is 0 Å². The molecule has 2 aromatic rings. The number of fused-ring (bicyclic) bond motifs is 1. The zero-order chi connectivity index (χ0) is 14.8. The molecule has 1 N–H and O–H groups in total. The van der Waals surface area contributed by atoms with Gasteiger partial charge in [-0.05, 0) is 31.5 Å². The molecule has 0 saturated carbocycles. The molecule has 1 aliphatic rings. The Bertz CT molecular complexity index is 648. The van der Waals surface area contributed by atoms with E-state index in [1.54, 1.807) is 4.52 Å². The maximum atomic E-state index is 12.4. The van der Waals surface area contributed by atoms with Gasteiger partial charge < -0.3 is 15.0 Å². The first-order valence-corrected chi connectivity index (χ1v) is 7.08. The fraction of sp³-hybridized carbons (Fsp3) is 0.500. The normalized spacial score (nSPS) is 17.0. The van der Waals surface area contributed by atoms with E-state index in [0.29, 0.717) is 26.3 Å². The first kappa shape index (κ1) is 13.8. The Kier molecular flexibility index (Phi) is 3.74. The fourth-order valence-electron chi connectivity index (χ4n) is 2.50. The predicted octanol–water partition coefficient (Wildman–Crippen LogP) is 0.697. The van der Waals surface area contributed by atoms with Gasteiger partial charge in [0.2, 0.25) is 5.91 Å². The third kappa shape index (κ3) is 2.82. The molecule has 21 heavy (non-hydrogen) atoms. The third-order valence-electron chi connectivity index (χ3n) is 3.58. The summed E-state index contributed by atoms with van der Waals surface area (Å²) in [5.41, 5.74) is 1.84. The average molecular weight is 289 g/mol. The van der Waals surface area contributed by atoms with Crippen molar-refractivity contribution in [3.05, 3.63) is 24.0 Å². The molecule has 112 valence electrons. The Labute approximate surface area is 122 Å². The quantitative estimate of drug-likeness (QED) is 0.900. The molecule has 1 atom stereocenters. The lowest BCUT2D eigenvalue weighted by Gasteiger charge is -2.29. The number of nitrogens with one attached hydrogen (secondary N) is 1. The summed E-state index contributed by atoms with van der Waals surface area (Å²) in [6, 6.07) is 3.59. The number of anilines is 1. The molecule has 1 unspecified atom stereocenters. The van der Waals surface area contributed by atoms with Crippen LogP contribution in [-0.2, 0) is 9.53 Å². The smallest absolute Gasteiger partial charge is 0.244 e. The van der Waals surface area contributed by atoms with Crippen molar-refractivity contribution in [1.29, 1.82) is 0 Å². The zero-order valence-corrected chi connectivity index (χ0v) is 12.2. The van der Waals surface area contributed by atoms with Crippen molar-refractivity contribution in [2.24, 2.45) is 0 Å². The van der Waals surface area contributed by atoms with Gasteiger partial charge in [0.25, 0.3) is 0 Å². The number of aromatic nitrogens is 3. The fourth-order valence-corrected chi connectivity index (χ4v) is 2.50. The van der Waals surface area contributed by atoms with E-state index >= 15 is 0 Å². The van der Waals surface area contributed by atoms with E-state index in [1.807, 2.05) is 30.9 Å². The molecule has 3 rings (SSSR count). The molecule has 1 amide bonds. The number of aryl methyl sites for hydroxylation is 1. The van der Waals surface area contributed by atoms with Crippen LogP contribution in [0.5, 0.6) is 0 Å². The molecular weight excluding hydrogens is 270 g/mol. The van der Waals surface area contributed by atoms with Gasteiger partial charge in [-0.3, -0.25) is 4.79 Å². The Morgan fingerprint density at radius 3 is 2.90 bits per heavy atom.